The Hall–Kier alpha value is -4.18. The molecule has 1 nitrogen and oxygen atoms in total. The molecule has 0 N–H and O–H groups in total. The van der Waals surface area contributed by atoms with Crippen molar-refractivity contribution in [2.75, 3.05) is 0 Å². The van der Waals surface area contributed by atoms with Crippen molar-refractivity contribution in [1.82, 2.24) is 4.57 Å². The van der Waals surface area contributed by atoms with Crippen LogP contribution >= 0.6 is 15.9 Å². The summed E-state index contributed by atoms with van der Waals surface area (Å²) < 4.78 is 3.52. The Morgan fingerprint density at radius 1 is 0.462 bits per heavy atom. The minimum Gasteiger partial charge on any atom is -0.309 e. The van der Waals surface area contributed by atoms with Gasteiger partial charge in [0.15, 0.2) is 8.07 Å². The van der Waals surface area contributed by atoms with E-state index in [9.17, 15) is 0 Å². The number of benzene rings is 6. The lowest BCUT2D eigenvalue weighted by Gasteiger charge is -2.31. The molecule has 6 aromatic carbocycles. The van der Waals surface area contributed by atoms with Crippen molar-refractivity contribution in [2.24, 2.45) is 0 Å². The third-order valence-corrected chi connectivity index (χ3v) is 13.7. The zero-order chi connectivity index (χ0) is 26.0. The molecule has 0 radical (unpaired) electrons. The van der Waals surface area contributed by atoms with E-state index in [1.165, 1.54) is 59.4 Å². The van der Waals surface area contributed by atoms with E-state index in [0.29, 0.717) is 0 Å². The van der Waals surface area contributed by atoms with E-state index in [4.69, 9.17) is 0 Å². The van der Waals surface area contributed by atoms with Crippen molar-refractivity contribution in [3.63, 3.8) is 0 Å². The highest BCUT2D eigenvalue weighted by Crippen LogP contribution is 2.38. The van der Waals surface area contributed by atoms with Crippen molar-refractivity contribution < 1.29 is 0 Å². The molecule has 3 heteroatoms. The Balaban J connectivity index is 1.58. The highest BCUT2D eigenvalue weighted by molar-refractivity contribution is 9.10. The second kappa shape index (κ2) is 8.67. The van der Waals surface area contributed by atoms with Crippen LogP contribution in [0.25, 0.3) is 38.6 Å². The number of para-hydroxylation sites is 1. The smallest absolute Gasteiger partial charge is 0.180 e. The summed E-state index contributed by atoms with van der Waals surface area (Å²) in [6.45, 7) is 0. The van der Waals surface area contributed by atoms with Gasteiger partial charge in [-0.2, -0.15) is 0 Å². The van der Waals surface area contributed by atoms with Crippen LogP contribution in [-0.4, -0.2) is 12.6 Å². The molecule has 2 heterocycles. The van der Waals surface area contributed by atoms with E-state index in [0.717, 1.165) is 4.47 Å². The molecule has 0 unspecified atom stereocenters. The first kappa shape index (κ1) is 22.8. The quantitative estimate of drug-likeness (QED) is 0.201. The molecule has 0 aliphatic carbocycles. The predicted octanol–water partition coefficient (Wildman–Crippen LogP) is 6.90. The van der Waals surface area contributed by atoms with Crippen LogP contribution in [0.3, 0.4) is 0 Å². The molecule has 1 aliphatic heterocycles. The minimum absolute atomic E-state index is 1.10. The largest absolute Gasteiger partial charge is 0.309 e. The second-order valence-corrected chi connectivity index (χ2v) is 14.9. The maximum atomic E-state index is 3.76. The summed E-state index contributed by atoms with van der Waals surface area (Å²) >= 11 is 3.76. The van der Waals surface area contributed by atoms with Crippen LogP contribution in [-0.2, 0) is 0 Å². The number of rotatable bonds is 3. The third-order valence-electron chi connectivity index (χ3n) is 8.32. The first-order chi connectivity index (χ1) is 19.3. The van der Waals surface area contributed by atoms with Gasteiger partial charge in [-0.3, -0.25) is 0 Å². The molecule has 0 fully saturated rings. The van der Waals surface area contributed by atoms with Crippen LogP contribution in [0.5, 0.6) is 0 Å². The number of hydrogen-bond acceptors (Lipinski definition) is 0. The molecule has 0 atom stereocenters. The highest BCUT2D eigenvalue weighted by atomic mass is 79.9. The lowest BCUT2D eigenvalue weighted by atomic mass is 10.0. The third kappa shape index (κ3) is 3.18. The van der Waals surface area contributed by atoms with Gasteiger partial charge in [-0.25, -0.2) is 0 Å². The topological polar surface area (TPSA) is 4.93 Å². The lowest BCUT2D eigenvalue weighted by Crippen LogP contribution is -2.72. The van der Waals surface area contributed by atoms with Gasteiger partial charge in [0.25, 0.3) is 0 Å². The molecule has 7 aromatic rings. The number of aromatic nitrogens is 1. The molecular weight excluding hydrogens is 554 g/mol. The van der Waals surface area contributed by atoms with Gasteiger partial charge in [0.2, 0.25) is 0 Å². The maximum absolute atomic E-state index is 3.76. The molecule has 1 aromatic heterocycles. The van der Waals surface area contributed by atoms with E-state index in [2.05, 4.69) is 166 Å². The van der Waals surface area contributed by atoms with Crippen LogP contribution in [0.2, 0.25) is 0 Å². The maximum Gasteiger partial charge on any atom is 0.180 e. The molecule has 1 aliphatic rings. The first-order valence-corrected chi connectivity index (χ1v) is 16.1. The van der Waals surface area contributed by atoms with Gasteiger partial charge >= 0.3 is 0 Å². The van der Waals surface area contributed by atoms with Crippen LogP contribution in [0, 0.1) is 0 Å². The summed E-state index contributed by atoms with van der Waals surface area (Å²) in [5, 5.41) is 8.36. The molecule has 0 spiro atoms. The second-order valence-electron chi connectivity index (χ2n) is 10.3. The van der Waals surface area contributed by atoms with Crippen LogP contribution in [0.1, 0.15) is 0 Å². The summed E-state index contributed by atoms with van der Waals surface area (Å²) in [6.07, 6.45) is 0. The Kier molecular flexibility index (Phi) is 5.06. The average Bonchev–Trinajstić information content (AvgIpc) is 3.47. The van der Waals surface area contributed by atoms with Crippen molar-refractivity contribution in [3.05, 3.63) is 150 Å². The van der Waals surface area contributed by atoms with E-state index >= 15 is 0 Å². The fraction of sp³-hybridized carbons (Fsp3) is 0. The zero-order valence-electron chi connectivity index (χ0n) is 21.2. The van der Waals surface area contributed by atoms with Gasteiger partial charge in [0.1, 0.15) is 0 Å². The van der Waals surface area contributed by atoms with E-state index in [1.54, 1.807) is 0 Å². The van der Waals surface area contributed by atoms with E-state index in [1.807, 2.05) is 0 Å². The van der Waals surface area contributed by atoms with Gasteiger partial charge in [-0.1, -0.05) is 125 Å². The van der Waals surface area contributed by atoms with Crippen molar-refractivity contribution in [1.29, 1.82) is 0 Å². The highest BCUT2D eigenvalue weighted by Gasteiger charge is 2.48. The molecule has 8 rings (SSSR count). The molecule has 184 valence electrons. The Labute approximate surface area is 237 Å². The van der Waals surface area contributed by atoms with Crippen LogP contribution in [0.4, 0.5) is 0 Å². The Morgan fingerprint density at radius 2 is 1.05 bits per heavy atom. The number of hydrogen-bond donors (Lipinski definition) is 0. The van der Waals surface area contributed by atoms with Gasteiger partial charge in [-0.05, 0) is 68.3 Å². The van der Waals surface area contributed by atoms with Crippen molar-refractivity contribution in [2.45, 2.75) is 0 Å². The van der Waals surface area contributed by atoms with Crippen molar-refractivity contribution >= 4 is 66.6 Å². The molecular formula is C36H24BrNSi. The predicted molar refractivity (Wildman–Crippen MR) is 171 cm³/mol. The van der Waals surface area contributed by atoms with E-state index < -0.39 is 8.07 Å². The lowest BCUT2D eigenvalue weighted by molar-refractivity contribution is 1.18. The minimum atomic E-state index is -2.54. The molecule has 0 saturated carbocycles. The Morgan fingerprint density at radius 3 is 1.74 bits per heavy atom. The zero-order valence-corrected chi connectivity index (χ0v) is 23.8. The summed E-state index contributed by atoms with van der Waals surface area (Å²) in [7, 11) is -2.54. The van der Waals surface area contributed by atoms with Gasteiger partial charge in [0, 0.05) is 20.9 Å². The number of halogens is 1. The van der Waals surface area contributed by atoms with E-state index in [-0.39, 0.29) is 0 Å². The van der Waals surface area contributed by atoms with Gasteiger partial charge in [-0.15, -0.1) is 0 Å². The fourth-order valence-corrected chi connectivity index (χ4v) is 12.3. The SMILES string of the molecule is Brc1ccc2c(c1)c1cc3c(cc1n2-c1ccccc1)-c1ccccc1[Si]3(c1ccccc1)c1ccccc1. The molecule has 39 heavy (non-hydrogen) atoms. The molecule has 0 amide bonds. The van der Waals surface area contributed by atoms with Crippen molar-refractivity contribution in [3.8, 4) is 16.8 Å². The number of nitrogens with zero attached hydrogens (tertiary/aromatic N) is 1. The Bertz CT molecular complexity index is 1970. The van der Waals surface area contributed by atoms with Crippen LogP contribution < -0.4 is 20.7 Å². The fourth-order valence-electron chi connectivity index (χ4n) is 6.78. The van der Waals surface area contributed by atoms with Gasteiger partial charge in [0.05, 0.1) is 11.0 Å². The average molecular weight is 579 g/mol. The van der Waals surface area contributed by atoms with Gasteiger partial charge < -0.3 is 4.57 Å². The summed E-state index contributed by atoms with van der Waals surface area (Å²) in [5.41, 5.74) is 6.37. The molecule has 0 bridgehead atoms. The summed E-state index contributed by atoms with van der Waals surface area (Å²) in [5.74, 6) is 0. The normalized spacial score (nSPS) is 13.5. The monoisotopic (exact) mass is 577 g/mol. The van der Waals surface area contributed by atoms with Crippen LogP contribution in [0.15, 0.2) is 150 Å². The summed E-state index contributed by atoms with van der Waals surface area (Å²) in [6, 6.07) is 54.0. The first-order valence-electron chi connectivity index (χ1n) is 13.3. The standard InChI is InChI=1S/C36H24BrNSi/c37-25-20-21-33-30(22-25)31-24-36-32(23-34(31)38(33)26-12-4-1-5-13-26)29-18-10-11-19-35(29)39(36,27-14-6-2-7-15-27)28-16-8-3-9-17-28/h1-24H. The molecule has 0 saturated heterocycles. The summed E-state index contributed by atoms with van der Waals surface area (Å²) in [4.78, 5) is 0. The number of fused-ring (bicyclic) bond motifs is 6.